The lowest BCUT2D eigenvalue weighted by molar-refractivity contribution is 0.438. The van der Waals surface area contributed by atoms with Crippen LogP contribution in [0.1, 0.15) is 34.0 Å². The van der Waals surface area contributed by atoms with Gasteiger partial charge in [0.1, 0.15) is 10.4 Å². The minimum Gasteiger partial charge on any atom is -0.324 e. The maximum Gasteiger partial charge on any atom is 0.234 e. The van der Waals surface area contributed by atoms with Gasteiger partial charge in [-0.2, -0.15) is 10.1 Å². The Bertz CT molecular complexity index is 1390. The number of aliphatic imine (C=N–C) groups is 1. The largest absolute Gasteiger partial charge is 0.324 e. The maximum atomic E-state index is 4.84. The highest BCUT2D eigenvalue weighted by Gasteiger charge is 2.31. The lowest BCUT2D eigenvalue weighted by Crippen LogP contribution is -2.32. The molecule has 6 nitrogen and oxygen atoms in total. The first-order valence-corrected chi connectivity index (χ1v) is 12.4. The van der Waals surface area contributed by atoms with Gasteiger partial charge >= 0.3 is 0 Å². The minimum absolute atomic E-state index is 0.0404. The van der Waals surface area contributed by atoms with Gasteiger partial charge in [-0.3, -0.25) is 0 Å². The predicted octanol–water partition coefficient (Wildman–Crippen LogP) is 6.80. The van der Waals surface area contributed by atoms with E-state index < -0.39 is 0 Å². The number of aromatic nitrogens is 2. The number of guanidine groups is 1. The highest BCUT2D eigenvalue weighted by molar-refractivity contribution is 8.14. The van der Waals surface area contributed by atoms with Crippen LogP contribution in [0.15, 0.2) is 70.8 Å². The normalized spacial score (nSPS) is 16.4. The minimum atomic E-state index is -0.0404. The molecule has 2 heterocycles. The van der Waals surface area contributed by atoms with Gasteiger partial charge in [-0.15, -0.1) is 10.2 Å². The average Bonchev–Trinajstić information content (AvgIpc) is 3.40. The summed E-state index contributed by atoms with van der Waals surface area (Å²) < 4.78 is 0. The smallest absolute Gasteiger partial charge is 0.234 e. The zero-order valence-electron chi connectivity index (χ0n) is 18.9. The number of anilines is 1. The van der Waals surface area contributed by atoms with Crippen molar-refractivity contribution in [1.29, 1.82) is 0 Å². The first-order valence-electron chi connectivity index (χ1n) is 10.7. The van der Waals surface area contributed by atoms with E-state index in [4.69, 9.17) is 10.1 Å². The fraction of sp³-hybridized carbons (Fsp3) is 0.200. The number of rotatable bonds is 3. The Morgan fingerprint density at radius 1 is 0.909 bits per heavy atom. The number of nitrogens with zero attached hydrogens (tertiary/aromatic N) is 5. The average molecular weight is 473 g/mol. The first kappa shape index (κ1) is 21.6. The van der Waals surface area contributed by atoms with E-state index in [1.165, 1.54) is 38.8 Å². The molecule has 1 atom stereocenters. The molecule has 0 bridgehead atoms. The fourth-order valence-electron chi connectivity index (χ4n) is 3.67. The molecule has 1 N–H and O–H groups in total. The van der Waals surface area contributed by atoms with Crippen molar-refractivity contribution in [2.45, 2.75) is 33.1 Å². The van der Waals surface area contributed by atoms with Gasteiger partial charge < -0.3 is 5.32 Å². The number of aryl methyl sites for hydroxylation is 3. The lowest BCUT2D eigenvalue weighted by atomic mass is 10.1. The van der Waals surface area contributed by atoms with Crippen LogP contribution in [0.2, 0.25) is 0 Å². The van der Waals surface area contributed by atoms with Gasteiger partial charge in [0.05, 0.1) is 5.04 Å². The number of hydrogen-bond acceptors (Lipinski definition) is 6. The van der Waals surface area contributed by atoms with Crippen LogP contribution in [-0.2, 0) is 0 Å². The van der Waals surface area contributed by atoms with Gasteiger partial charge in [-0.25, -0.2) is 5.01 Å². The molecule has 166 valence electrons. The molecular weight excluding hydrogens is 448 g/mol. The van der Waals surface area contributed by atoms with Crippen LogP contribution in [0, 0.1) is 20.8 Å². The number of benzene rings is 3. The van der Waals surface area contributed by atoms with Crippen molar-refractivity contribution in [1.82, 2.24) is 15.2 Å². The lowest BCUT2D eigenvalue weighted by Gasteiger charge is -2.25. The summed E-state index contributed by atoms with van der Waals surface area (Å²) in [5.74, 6) is 0.622. The van der Waals surface area contributed by atoms with Crippen molar-refractivity contribution in [3.05, 3.63) is 82.4 Å². The van der Waals surface area contributed by atoms with E-state index in [1.54, 1.807) is 11.8 Å². The molecule has 1 aliphatic heterocycles. The Labute approximate surface area is 201 Å². The molecule has 0 spiro atoms. The first-order chi connectivity index (χ1) is 16.0. The van der Waals surface area contributed by atoms with E-state index in [-0.39, 0.29) is 5.37 Å². The summed E-state index contributed by atoms with van der Waals surface area (Å²) in [6.45, 7) is 8.18. The summed E-state index contributed by atoms with van der Waals surface area (Å²) in [4.78, 5) is 4.84. The van der Waals surface area contributed by atoms with Crippen LogP contribution in [0.3, 0.4) is 0 Å². The van der Waals surface area contributed by atoms with Crippen molar-refractivity contribution < 1.29 is 0 Å². The SMILES string of the molecule is CC1=NN(/C(=N/c2nnc(C)s2)Nc2ccc(C)c(C)c2)C(c2ccc3ccccc3c2)S1. The van der Waals surface area contributed by atoms with E-state index in [2.05, 4.69) is 90.0 Å². The van der Waals surface area contributed by atoms with E-state index in [9.17, 15) is 0 Å². The third kappa shape index (κ3) is 4.62. The van der Waals surface area contributed by atoms with E-state index >= 15 is 0 Å². The summed E-state index contributed by atoms with van der Waals surface area (Å²) in [6.07, 6.45) is 0. The second-order valence-electron chi connectivity index (χ2n) is 8.00. The molecule has 0 fully saturated rings. The summed E-state index contributed by atoms with van der Waals surface area (Å²) in [7, 11) is 0. The van der Waals surface area contributed by atoms with Crippen LogP contribution in [0.4, 0.5) is 10.8 Å². The zero-order valence-corrected chi connectivity index (χ0v) is 20.5. The Morgan fingerprint density at radius 2 is 1.73 bits per heavy atom. The molecule has 1 aliphatic rings. The fourth-order valence-corrected chi connectivity index (χ4v) is 5.22. The third-order valence-corrected chi connectivity index (χ3v) is 7.36. The van der Waals surface area contributed by atoms with Gasteiger partial charge in [0.25, 0.3) is 0 Å². The molecule has 0 radical (unpaired) electrons. The maximum absolute atomic E-state index is 4.84. The molecule has 3 aromatic carbocycles. The standard InChI is InChI=1S/C25H24N6S2/c1-15-9-12-22(13-16(15)2)26-24(27-25-29-28-17(3)33-25)31-23(32-18(4)30-31)21-11-10-19-7-5-6-8-20(19)14-21/h5-14,23H,1-4H3,(H,26,27,29). The van der Waals surface area contributed by atoms with Crippen LogP contribution in [0.5, 0.6) is 0 Å². The molecule has 8 heteroatoms. The molecule has 4 aromatic rings. The molecule has 0 aliphatic carbocycles. The van der Waals surface area contributed by atoms with Crippen LogP contribution >= 0.6 is 23.1 Å². The molecule has 0 saturated heterocycles. The monoisotopic (exact) mass is 472 g/mol. The second-order valence-corrected chi connectivity index (χ2v) is 10.4. The van der Waals surface area contributed by atoms with Gasteiger partial charge in [0, 0.05) is 5.69 Å². The van der Waals surface area contributed by atoms with Gasteiger partial charge in [0.15, 0.2) is 0 Å². The number of hydrogen-bond donors (Lipinski definition) is 1. The molecule has 5 rings (SSSR count). The number of hydrazone groups is 1. The van der Waals surface area contributed by atoms with Crippen LogP contribution < -0.4 is 5.32 Å². The summed E-state index contributed by atoms with van der Waals surface area (Å²) in [6, 6.07) is 21.3. The van der Waals surface area contributed by atoms with Crippen molar-refractivity contribution >= 4 is 55.7 Å². The van der Waals surface area contributed by atoms with Crippen molar-refractivity contribution in [2.75, 3.05) is 5.32 Å². The highest BCUT2D eigenvalue weighted by Crippen LogP contribution is 2.41. The van der Waals surface area contributed by atoms with Crippen molar-refractivity contribution in [3.8, 4) is 0 Å². The van der Waals surface area contributed by atoms with Crippen molar-refractivity contribution in [2.24, 2.45) is 10.1 Å². The highest BCUT2D eigenvalue weighted by atomic mass is 32.2. The number of thioether (sulfide) groups is 1. The quantitative estimate of drug-likeness (QED) is 0.262. The number of nitrogens with one attached hydrogen (secondary N) is 1. The Hall–Kier alpha value is -3.23. The molecule has 0 saturated carbocycles. The van der Waals surface area contributed by atoms with E-state index in [0.717, 1.165) is 15.7 Å². The third-order valence-electron chi connectivity index (χ3n) is 5.51. The summed E-state index contributed by atoms with van der Waals surface area (Å²) >= 11 is 3.18. The number of fused-ring (bicyclic) bond motifs is 1. The second kappa shape index (κ2) is 8.96. The Kier molecular flexibility index (Phi) is 5.86. The molecule has 0 amide bonds. The molecule has 1 unspecified atom stereocenters. The van der Waals surface area contributed by atoms with Gasteiger partial charge in [0.2, 0.25) is 11.1 Å². The zero-order chi connectivity index (χ0) is 22.9. The van der Waals surface area contributed by atoms with Gasteiger partial charge in [-0.05, 0) is 73.4 Å². The molecule has 1 aromatic heterocycles. The Morgan fingerprint density at radius 3 is 2.48 bits per heavy atom. The van der Waals surface area contributed by atoms with E-state index in [0.29, 0.717) is 11.1 Å². The molecule has 33 heavy (non-hydrogen) atoms. The Balaban J connectivity index is 1.56. The van der Waals surface area contributed by atoms with Crippen molar-refractivity contribution in [3.63, 3.8) is 0 Å². The van der Waals surface area contributed by atoms with Gasteiger partial charge in [-0.1, -0.05) is 65.6 Å². The van der Waals surface area contributed by atoms with Crippen LogP contribution in [0.25, 0.3) is 10.8 Å². The van der Waals surface area contributed by atoms with E-state index in [1.807, 2.05) is 18.9 Å². The van der Waals surface area contributed by atoms with Crippen LogP contribution in [-0.4, -0.2) is 26.2 Å². The predicted molar refractivity (Wildman–Crippen MR) is 141 cm³/mol. The summed E-state index contributed by atoms with van der Waals surface area (Å²) in [5, 5.41) is 23.5. The molecular formula is C25H24N6S2. The topological polar surface area (TPSA) is 65.8 Å². The summed E-state index contributed by atoms with van der Waals surface area (Å²) in [5.41, 5.74) is 4.59.